The minimum atomic E-state index is -0.655. The molecule has 0 N–H and O–H groups in total. The van der Waals surface area contributed by atoms with Gasteiger partial charge in [0.25, 0.3) is 0 Å². The first-order chi connectivity index (χ1) is 13.2. The SMILES string of the molecule is CC(C)(C)OC(=O)N1CCC(c2cccnc2Oc2cc(F)ccc2F)CC1. The number of aromatic nitrogens is 1. The Hall–Kier alpha value is -2.70. The molecule has 3 rings (SSSR count). The van der Waals surface area contributed by atoms with E-state index in [9.17, 15) is 13.6 Å². The molecule has 0 unspecified atom stereocenters. The molecular formula is C21H24F2N2O3. The Morgan fingerprint density at radius 1 is 1.18 bits per heavy atom. The summed E-state index contributed by atoms with van der Waals surface area (Å²) in [5.41, 5.74) is 0.280. The Kier molecular flexibility index (Phi) is 5.82. The summed E-state index contributed by atoms with van der Waals surface area (Å²) in [7, 11) is 0. The molecule has 7 heteroatoms. The van der Waals surface area contributed by atoms with Crippen LogP contribution in [0.4, 0.5) is 13.6 Å². The molecule has 1 fully saturated rings. The van der Waals surface area contributed by atoms with Crippen molar-refractivity contribution in [1.82, 2.24) is 9.88 Å². The van der Waals surface area contributed by atoms with Gasteiger partial charge in [0.2, 0.25) is 5.88 Å². The molecule has 28 heavy (non-hydrogen) atoms. The number of ether oxygens (including phenoxy) is 2. The van der Waals surface area contributed by atoms with E-state index in [1.807, 2.05) is 26.8 Å². The largest absolute Gasteiger partial charge is 0.444 e. The maximum absolute atomic E-state index is 13.9. The topological polar surface area (TPSA) is 51.7 Å². The number of amides is 1. The number of pyridine rings is 1. The summed E-state index contributed by atoms with van der Waals surface area (Å²) in [6.45, 7) is 6.60. The van der Waals surface area contributed by atoms with Crippen LogP contribution in [0.5, 0.6) is 11.6 Å². The number of carbonyl (C=O) groups excluding carboxylic acids is 1. The normalized spacial score (nSPS) is 15.4. The Morgan fingerprint density at radius 3 is 2.57 bits per heavy atom. The third-order valence-corrected chi connectivity index (χ3v) is 4.49. The number of rotatable bonds is 3. The van der Waals surface area contributed by atoms with Gasteiger partial charge in [0.05, 0.1) is 0 Å². The number of likely N-dealkylation sites (tertiary alicyclic amines) is 1. The fourth-order valence-corrected chi connectivity index (χ4v) is 3.16. The lowest BCUT2D eigenvalue weighted by Crippen LogP contribution is -2.41. The molecule has 1 saturated heterocycles. The number of halogens is 2. The van der Waals surface area contributed by atoms with Gasteiger partial charge in [-0.2, -0.15) is 0 Å². The molecule has 0 radical (unpaired) electrons. The van der Waals surface area contributed by atoms with E-state index in [2.05, 4.69) is 4.98 Å². The second-order valence-electron chi connectivity index (χ2n) is 7.82. The zero-order chi connectivity index (χ0) is 20.3. The van der Waals surface area contributed by atoms with Gasteiger partial charge < -0.3 is 14.4 Å². The predicted octanol–water partition coefficient (Wildman–Crippen LogP) is 5.27. The molecule has 1 amide bonds. The van der Waals surface area contributed by atoms with E-state index in [-0.39, 0.29) is 23.6 Å². The Balaban J connectivity index is 1.70. The third-order valence-electron chi connectivity index (χ3n) is 4.49. The van der Waals surface area contributed by atoms with Gasteiger partial charge in [0, 0.05) is 30.9 Å². The number of nitrogens with zero attached hydrogens (tertiary/aromatic N) is 2. The lowest BCUT2D eigenvalue weighted by molar-refractivity contribution is 0.0204. The molecule has 1 aromatic heterocycles. The van der Waals surface area contributed by atoms with Crippen LogP contribution in [0.2, 0.25) is 0 Å². The fourth-order valence-electron chi connectivity index (χ4n) is 3.16. The summed E-state index contributed by atoms with van der Waals surface area (Å²) in [4.78, 5) is 18.1. The monoisotopic (exact) mass is 390 g/mol. The van der Waals surface area contributed by atoms with Gasteiger partial charge in [-0.1, -0.05) is 6.07 Å². The van der Waals surface area contributed by atoms with Crippen molar-refractivity contribution in [2.24, 2.45) is 0 Å². The summed E-state index contributed by atoms with van der Waals surface area (Å²) < 4.78 is 38.4. The second kappa shape index (κ2) is 8.12. The van der Waals surface area contributed by atoms with E-state index in [1.54, 1.807) is 17.2 Å². The van der Waals surface area contributed by atoms with Crippen molar-refractivity contribution in [3.8, 4) is 11.6 Å². The third kappa shape index (κ3) is 4.97. The molecule has 0 atom stereocenters. The van der Waals surface area contributed by atoms with Crippen molar-refractivity contribution in [3.05, 3.63) is 53.7 Å². The number of carbonyl (C=O) groups is 1. The molecule has 150 valence electrons. The van der Waals surface area contributed by atoms with Gasteiger partial charge in [-0.15, -0.1) is 0 Å². The van der Waals surface area contributed by atoms with Crippen LogP contribution in [0, 0.1) is 11.6 Å². The summed E-state index contributed by atoms with van der Waals surface area (Å²) in [5.74, 6) is -1.09. The average molecular weight is 390 g/mol. The first-order valence-electron chi connectivity index (χ1n) is 9.29. The zero-order valence-corrected chi connectivity index (χ0v) is 16.2. The highest BCUT2D eigenvalue weighted by atomic mass is 19.1. The van der Waals surface area contributed by atoms with Gasteiger partial charge in [0.1, 0.15) is 11.4 Å². The maximum Gasteiger partial charge on any atom is 0.410 e. The summed E-state index contributed by atoms with van der Waals surface area (Å²) in [6, 6.07) is 6.71. The minimum Gasteiger partial charge on any atom is -0.444 e. The summed E-state index contributed by atoms with van der Waals surface area (Å²) >= 11 is 0. The van der Waals surface area contributed by atoms with E-state index >= 15 is 0 Å². The zero-order valence-electron chi connectivity index (χ0n) is 16.2. The molecule has 1 aromatic carbocycles. The average Bonchev–Trinajstić information content (AvgIpc) is 2.64. The molecule has 5 nitrogen and oxygen atoms in total. The number of hydrogen-bond acceptors (Lipinski definition) is 4. The minimum absolute atomic E-state index is 0.0963. The van der Waals surface area contributed by atoms with Crippen LogP contribution in [-0.2, 0) is 4.74 Å². The highest BCUT2D eigenvalue weighted by Gasteiger charge is 2.29. The van der Waals surface area contributed by atoms with Gasteiger partial charge >= 0.3 is 6.09 Å². The van der Waals surface area contributed by atoms with Crippen molar-refractivity contribution in [1.29, 1.82) is 0 Å². The van der Waals surface area contributed by atoms with E-state index in [4.69, 9.17) is 9.47 Å². The lowest BCUT2D eigenvalue weighted by Gasteiger charge is -2.33. The molecule has 0 bridgehead atoms. The van der Waals surface area contributed by atoms with Gasteiger partial charge in [-0.05, 0) is 57.7 Å². The van der Waals surface area contributed by atoms with Crippen molar-refractivity contribution in [3.63, 3.8) is 0 Å². The van der Waals surface area contributed by atoms with Gasteiger partial charge in [-0.3, -0.25) is 0 Å². The Labute approximate surface area is 163 Å². The quantitative estimate of drug-likeness (QED) is 0.717. The summed E-state index contributed by atoms with van der Waals surface area (Å²) in [6.07, 6.45) is 2.63. The van der Waals surface area contributed by atoms with Crippen LogP contribution >= 0.6 is 0 Å². The van der Waals surface area contributed by atoms with E-state index in [0.717, 1.165) is 23.8 Å². The molecule has 1 aliphatic heterocycles. The molecule has 2 heterocycles. The lowest BCUT2D eigenvalue weighted by atomic mass is 9.90. The van der Waals surface area contributed by atoms with Crippen molar-refractivity contribution in [2.75, 3.05) is 13.1 Å². The first kappa shape index (κ1) is 20.0. The fraction of sp³-hybridized carbons (Fsp3) is 0.429. The molecule has 2 aromatic rings. The predicted molar refractivity (Wildman–Crippen MR) is 100 cm³/mol. The molecule has 0 saturated carbocycles. The van der Waals surface area contributed by atoms with Crippen LogP contribution < -0.4 is 4.74 Å². The van der Waals surface area contributed by atoms with E-state index < -0.39 is 17.2 Å². The molecular weight excluding hydrogens is 366 g/mol. The van der Waals surface area contributed by atoms with E-state index in [0.29, 0.717) is 25.9 Å². The van der Waals surface area contributed by atoms with Crippen molar-refractivity contribution in [2.45, 2.75) is 45.1 Å². The van der Waals surface area contributed by atoms with Crippen LogP contribution in [0.3, 0.4) is 0 Å². The maximum atomic E-state index is 13.9. The van der Waals surface area contributed by atoms with Crippen LogP contribution in [0.25, 0.3) is 0 Å². The summed E-state index contributed by atoms with van der Waals surface area (Å²) in [5, 5.41) is 0. The van der Waals surface area contributed by atoms with Crippen LogP contribution in [0.1, 0.15) is 45.1 Å². The second-order valence-corrected chi connectivity index (χ2v) is 7.82. The van der Waals surface area contributed by atoms with Gasteiger partial charge in [0.15, 0.2) is 11.6 Å². The molecule has 0 aliphatic carbocycles. The first-order valence-corrected chi connectivity index (χ1v) is 9.29. The van der Waals surface area contributed by atoms with E-state index in [1.165, 1.54) is 0 Å². The van der Waals surface area contributed by atoms with Crippen LogP contribution in [0.15, 0.2) is 36.5 Å². The molecule has 1 aliphatic rings. The number of hydrogen-bond donors (Lipinski definition) is 0. The van der Waals surface area contributed by atoms with Crippen molar-refractivity contribution >= 4 is 6.09 Å². The smallest absolute Gasteiger partial charge is 0.410 e. The van der Waals surface area contributed by atoms with Crippen LogP contribution in [-0.4, -0.2) is 34.7 Å². The number of benzene rings is 1. The standard InChI is InChI=1S/C21H24F2N2O3/c1-21(2,3)28-20(26)25-11-8-14(9-12-25)16-5-4-10-24-19(16)27-18-13-15(22)6-7-17(18)23/h4-7,10,13-14H,8-9,11-12H2,1-3H3. The molecule has 0 spiro atoms. The Morgan fingerprint density at radius 2 is 1.89 bits per heavy atom. The highest BCUT2D eigenvalue weighted by molar-refractivity contribution is 5.68. The Bertz CT molecular complexity index is 844. The number of piperidine rings is 1. The van der Waals surface area contributed by atoms with Crippen molar-refractivity contribution < 1.29 is 23.0 Å². The van der Waals surface area contributed by atoms with Gasteiger partial charge in [-0.25, -0.2) is 18.6 Å². The highest BCUT2D eigenvalue weighted by Crippen LogP contribution is 2.36.